The number of nitrogens with two attached hydrogens (primary N) is 1. The lowest BCUT2D eigenvalue weighted by Crippen LogP contribution is -2.18. The van der Waals surface area contributed by atoms with Gasteiger partial charge < -0.3 is 4.74 Å². The van der Waals surface area contributed by atoms with Crippen molar-refractivity contribution >= 4 is 10.0 Å². The van der Waals surface area contributed by atoms with Crippen molar-refractivity contribution in [3.8, 4) is 0 Å². The molecule has 11 heavy (non-hydrogen) atoms. The van der Waals surface area contributed by atoms with Gasteiger partial charge in [-0.1, -0.05) is 0 Å². The van der Waals surface area contributed by atoms with Gasteiger partial charge in [-0.2, -0.15) is 0 Å². The van der Waals surface area contributed by atoms with Gasteiger partial charge in [0.2, 0.25) is 10.0 Å². The van der Waals surface area contributed by atoms with E-state index in [1.165, 1.54) is 0 Å². The molecule has 0 aromatic rings. The molecule has 4 nitrogen and oxygen atoms in total. The number of hydrogen-bond donors (Lipinski definition) is 1. The zero-order valence-electron chi connectivity index (χ0n) is 6.91. The summed E-state index contributed by atoms with van der Waals surface area (Å²) in [5, 5.41) is 4.77. The van der Waals surface area contributed by atoms with Gasteiger partial charge in [0, 0.05) is 6.61 Å². The van der Waals surface area contributed by atoms with Crippen LogP contribution in [0.2, 0.25) is 0 Å². The molecule has 0 bridgehead atoms. The summed E-state index contributed by atoms with van der Waals surface area (Å²) in [5.74, 6) is -0.000278. The molecule has 0 saturated carbocycles. The highest BCUT2D eigenvalue weighted by molar-refractivity contribution is 7.89. The Hall–Kier alpha value is -0.130. The topological polar surface area (TPSA) is 69.4 Å². The van der Waals surface area contributed by atoms with E-state index in [0.29, 0.717) is 13.0 Å². The first-order valence-electron chi connectivity index (χ1n) is 3.54. The minimum absolute atomic E-state index is 0.000278. The fourth-order valence-electron chi connectivity index (χ4n) is 0.579. The van der Waals surface area contributed by atoms with Crippen molar-refractivity contribution in [1.29, 1.82) is 0 Å². The lowest BCUT2D eigenvalue weighted by molar-refractivity contribution is 0.0797. The standard InChI is InChI=1S/C6H15NO3S/c1-6(2)10-4-3-5-11(7,8)9/h6H,3-5H2,1-2H3,(H2,7,8,9). The maximum Gasteiger partial charge on any atom is 0.209 e. The van der Waals surface area contributed by atoms with Crippen LogP contribution < -0.4 is 5.14 Å². The highest BCUT2D eigenvalue weighted by Crippen LogP contribution is 1.91. The van der Waals surface area contributed by atoms with Gasteiger partial charge in [-0.3, -0.25) is 0 Å². The maximum atomic E-state index is 10.4. The molecular formula is C6H15NO3S. The minimum atomic E-state index is -3.30. The zero-order valence-corrected chi connectivity index (χ0v) is 7.73. The first-order valence-corrected chi connectivity index (χ1v) is 5.25. The first kappa shape index (κ1) is 10.9. The summed E-state index contributed by atoms with van der Waals surface area (Å²) < 4.78 is 25.9. The van der Waals surface area contributed by atoms with Crippen molar-refractivity contribution in [3.05, 3.63) is 0 Å². The van der Waals surface area contributed by atoms with Crippen molar-refractivity contribution in [2.24, 2.45) is 5.14 Å². The molecule has 0 amide bonds. The third-order valence-corrected chi connectivity index (χ3v) is 1.88. The zero-order chi connectivity index (χ0) is 8.91. The van der Waals surface area contributed by atoms with Crippen LogP contribution in [-0.4, -0.2) is 26.9 Å². The second-order valence-corrected chi connectivity index (χ2v) is 4.37. The number of primary sulfonamides is 1. The van der Waals surface area contributed by atoms with E-state index in [9.17, 15) is 8.42 Å². The third kappa shape index (κ3) is 9.87. The Morgan fingerprint density at radius 2 is 2.00 bits per heavy atom. The molecule has 0 rings (SSSR count). The Bertz CT molecular complexity index is 186. The molecule has 0 spiro atoms. The summed E-state index contributed by atoms with van der Waals surface area (Å²) in [5.41, 5.74) is 0. The van der Waals surface area contributed by atoms with E-state index in [0.717, 1.165) is 0 Å². The molecule has 0 aliphatic heterocycles. The predicted octanol–water partition coefficient (Wildman–Crippen LogP) is 0.0900. The summed E-state index contributed by atoms with van der Waals surface area (Å²) in [6.45, 7) is 4.25. The van der Waals surface area contributed by atoms with Crippen LogP contribution in [0, 0.1) is 0 Å². The largest absolute Gasteiger partial charge is 0.379 e. The number of rotatable bonds is 5. The molecule has 5 heteroatoms. The molecule has 0 aromatic carbocycles. The van der Waals surface area contributed by atoms with Crippen molar-refractivity contribution in [3.63, 3.8) is 0 Å². The average molecular weight is 181 g/mol. The normalized spacial score (nSPS) is 12.4. The molecule has 0 fully saturated rings. The molecule has 0 aromatic heterocycles. The Morgan fingerprint density at radius 3 is 2.36 bits per heavy atom. The summed E-state index contributed by atoms with van der Waals surface area (Å²) in [4.78, 5) is 0. The van der Waals surface area contributed by atoms with E-state index in [2.05, 4.69) is 0 Å². The smallest absolute Gasteiger partial charge is 0.209 e. The summed E-state index contributed by atoms with van der Waals surface area (Å²) in [6.07, 6.45) is 0.618. The van der Waals surface area contributed by atoms with Crippen molar-refractivity contribution in [2.75, 3.05) is 12.4 Å². The molecule has 0 atom stereocenters. The van der Waals surface area contributed by atoms with Gasteiger partial charge in [-0.15, -0.1) is 0 Å². The van der Waals surface area contributed by atoms with Crippen LogP contribution in [0.15, 0.2) is 0 Å². The van der Waals surface area contributed by atoms with Crippen molar-refractivity contribution in [2.45, 2.75) is 26.4 Å². The van der Waals surface area contributed by atoms with E-state index < -0.39 is 10.0 Å². The lowest BCUT2D eigenvalue weighted by Gasteiger charge is -2.05. The first-order chi connectivity index (χ1) is 4.92. The molecular weight excluding hydrogens is 166 g/mol. The Morgan fingerprint density at radius 1 is 1.45 bits per heavy atom. The summed E-state index contributed by atoms with van der Waals surface area (Å²) >= 11 is 0. The molecule has 0 unspecified atom stereocenters. The van der Waals surface area contributed by atoms with E-state index in [1.54, 1.807) is 0 Å². The molecule has 0 radical (unpaired) electrons. The van der Waals surface area contributed by atoms with Crippen molar-refractivity contribution < 1.29 is 13.2 Å². The number of sulfonamides is 1. The SMILES string of the molecule is CC(C)OCCCS(N)(=O)=O. The average Bonchev–Trinajstić information content (AvgIpc) is 1.78. The van der Waals surface area contributed by atoms with Gasteiger partial charge in [0.25, 0.3) is 0 Å². The van der Waals surface area contributed by atoms with Crippen LogP contribution in [-0.2, 0) is 14.8 Å². The van der Waals surface area contributed by atoms with Crippen LogP contribution in [0.5, 0.6) is 0 Å². The molecule has 0 saturated heterocycles. The Balaban J connectivity index is 3.30. The lowest BCUT2D eigenvalue weighted by atomic mass is 10.4. The second kappa shape index (κ2) is 4.69. The van der Waals surface area contributed by atoms with Crippen LogP contribution in [0.25, 0.3) is 0 Å². The quantitative estimate of drug-likeness (QED) is 0.611. The fourth-order valence-corrected chi connectivity index (χ4v) is 1.10. The van der Waals surface area contributed by atoms with Crippen LogP contribution in [0.4, 0.5) is 0 Å². The van der Waals surface area contributed by atoms with Crippen molar-refractivity contribution in [1.82, 2.24) is 0 Å². The highest BCUT2D eigenvalue weighted by atomic mass is 32.2. The second-order valence-electron chi connectivity index (χ2n) is 2.64. The highest BCUT2D eigenvalue weighted by Gasteiger charge is 2.01. The van der Waals surface area contributed by atoms with Crippen LogP contribution in [0.3, 0.4) is 0 Å². The molecule has 2 N–H and O–H groups in total. The summed E-state index contributed by atoms with van der Waals surface area (Å²) in [6, 6.07) is 0. The van der Waals surface area contributed by atoms with Gasteiger partial charge in [0.05, 0.1) is 11.9 Å². The van der Waals surface area contributed by atoms with E-state index >= 15 is 0 Å². The van der Waals surface area contributed by atoms with E-state index in [1.807, 2.05) is 13.8 Å². The molecule has 0 aliphatic carbocycles. The molecule has 68 valence electrons. The predicted molar refractivity (Wildman–Crippen MR) is 43.7 cm³/mol. The maximum absolute atomic E-state index is 10.4. The Labute approximate surface area is 67.8 Å². The minimum Gasteiger partial charge on any atom is -0.379 e. The monoisotopic (exact) mass is 181 g/mol. The fraction of sp³-hybridized carbons (Fsp3) is 1.00. The van der Waals surface area contributed by atoms with Crippen LogP contribution in [0.1, 0.15) is 20.3 Å². The van der Waals surface area contributed by atoms with E-state index in [4.69, 9.17) is 9.88 Å². The van der Waals surface area contributed by atoms with Gasteiger partial charge in [0.1, 0.15) is 0 Å². The van der Waals surface area contributed by atoms with Gasteiger partial charge in [-0.25, -0.2) is 13.6 Å². The van der Waals surface area contributed by atoms with Gasteiger partial charge >= 0.3 is 0 Å². The van der Waals surface area contributed by atoms with Crippen LogP contribution >= 0.6 is 0 Å². The van der Waals surface area contributed by atoms with Gasteiger partial charge in [0.15, 0.2) is 0 Å². The third-order valence-electron chi connectivity index (χ3n) is 1.02. The van der Waals surface area contributed by atoms with Gasteiger partial charge in [-0.05, 0) is 20.3 Å². The number of ether oxygens (including phenoxy) is 1. The van der Waals surface area contributed by atoms with E-state index in [-0.39, 0.29) is 11.9 Å². The molecule has 0 aliphatic rings. The Kier molecular flexibility index (Phi) is 4.63. The summed E-state index contributed by atoms with van der Waals surface area (Å²) in [7, 11) is -3.30. The number of hydrogen-bond acceptors (Lipinski definition) is 3. The molecule has 0 heterocycles.